The van der Waals surface area contributed by atoms with Crippen LogP contribution in [0, 0.1) is 0 Å². The third-order valence-corrected chi connectivity index (χ3v) is 4.46. The van der Waals surface area contributed by atoms with Crippen LogP contribution in [0.4, 0.5) is 19.0 Å². The molecule has 0 spiro atoms. The van der Waals surface area contributed by atoms with Crippen LogP contribution in [0.15, 0.2) is 16.6 Å². The number of rotatable bonds is 5. The van der Waals surface area contributed by atoms with E-state index >= 15 is 0 Å². The molecule has 0 saturated carbocycles. The van der Waals surface area contributed by atoms with E-state index in [2.05, 4.69) is 10.3 Å². The molecule has 0 aliphatic heterocycles. The zero-order valence-electron chi connectivity index (χ0n) is 10.2. The zero-order chi connectivity index (χ0) is 15.0. The van der Waals surface area contributed by atoms with Crippen LogP contribution in [0.3, 0.4) is 0 Å². The highest BCUT2D eigenvalue weighted by Gasteiger charge is 2.33. The summed E-state index contributed by atoms with van der Waals surface area (Å²) in [7, 11) is -4.32. The Hall–Kier alpha value is -1.33. The van der Waals surface area contributed by atoms with Crippen molar-refractivity contribution in [2.24, 2.45) is 0 Å². The van der Waals surface area contributed by atoms with Crippen LogP contribution in [-0.4, -0.2) is 37.1 Å². The van der Waals surface area contributed by atoms with E-state index < -0.39 is 22.7 Å². The Labute approximate surface area is 116 Å². The molecule has 0 unspecified atom stereocenters. The fourth-order valence-electron chi connectivity index (χ4n) is 1.55. The summed E-state index contributed by atoms with van der Waals surface area (Å²) in [5.74, 6) is 0.0361. The van der Waals surface area contributed by atoms with Crippen LogP contribution in [0.5, 0.6) is 0 Å². The molecular weight excluding hydrogens is 317 g/mol. The van der Waals surface area contributed by atoms with E-state index in [9.17, 15) is 21.6 Å². The van der Waals surface area contributed by atoms with E-state index in [1.54, 1.807) is 12.3 Å². The lowest BCUT2D eigenvalue weighted by molar-refractivity contribution is -0.121. The summed E-state index contributed by atoms with van der Waals surface area (Å²) >= 11 is 1.19. The number of fused-ring (bicyclic) bond motifs is 1. The van der Waals surface area contributed by atoms with E-state index in [1.807, 2.05) is 0 Å². The Morgan fingerprint density at radius 2 is 2.15 bits per heavy atom. The molecule has 11 heteroatoms. The SMILES string of the molecule is CCNc1nc2sccn2c1S(=O)(=O)NCC(F)(F)F. The second kappa shape index (κ2) is 5.22. The second-order valence-electron chi connectivity index (χ2n) is 3.79. The van der Waals surface area contributed by atoms with Crippen LogP contribution in [0.1, 0.15) is 6.92 Å². The van der Waals surface area contributed by atoms with Crippen molar-refractivity contribution in [2.75, 3.05) is 18.4 Å². The van der Waals surface area contributed by atoms with Crippen molar-refractivity contribution in [3.05, 3.63) is 11.6 Å². The van der Waals surface area contributed by atoms with Gasteiger partial charge in [0.2, 0.25) is 0 Å². The minimum atomic E-state index is -4.62. The summed E-state index contributed by atoms with van der Waals surface area (Å²) < 4.78 is 63.4. The van der Waals surface area contributed by atoms with Gasteiger partial charge in [0.1, 0.15) is 6.54 Å². The lowest BCUT2D eigenvalue weighted by Crippen LogP contribution is -2.34. The molecule has 0 aliphatic carbocycles. The maximum absolute atomic E-state index is 12.2. The van der Waals surface area contributed by atoms with E-state index in [-0.39, 0.29) is 10.8 Å². The minimum absolute atomic E-state index is 0.0361. The number of alkyl halides is 3. The van der Waals surface area contributed by atoms with Crippen LogP contribution in [-0.2, 0) is 10.0 Å². The Balaban J connectivity index is 2.43. The van der Waals surface area contributed by atoms with Gasteiger partial charge in [-0.25, -0.2) is 18.1 Å². The number of aromatic nitrogens is 2. The molecule has 0 radical (unpaired) electrons. The first-order chi connectivity index (χ1) is 9.24. The third-order valence-electron chi connectivity index (χ3n) is 2.28. The normalized spacial score (nSPS) is 13.0. The van der Waals surface area contributed by atoms with Gasteiger partial charge in [0.25, 0.3) is 10.0 Å². The maximum Gasteiger partial charge on any atom is 0.402 e. The number of anilines is 1. The van der Waals surface area contributed by atoms with Gasteiger partial charge in [-0.2, -0.15) is 13.2 Å². The van der Waals surface area contributed by atoms with Gasteiger partial charge in [-0.15, -0.1) is 11.3 Å². The van der Waals surface area contributed by atoms with Crippen molar-refractivity contribution in [2.45, 2.75) is 18.1 Å². The number of nitrogens with zero attached hydrogens (tertiary/aromatic N) is 2. The molecule has 0 aromatic carbocycles. The predicted octanol–water partition coefficient (Wildman–Crippen LogP) is 1.67. The van der Waals surface area contributed by atoms with Gasteiger partial charge in [-0.3, -0.25) is 4.40 Å². The smallest absolute Gasteiger partial charge is 0.368 e. The van der Waals surface area contributed by atoms with Crippen molar-refractivity contribution in [3.8, 4) is 0 Å². The quantitative estimate of drug-likeness (QED) is 0.875. The number of sulfonamides is 1. The molecule has 0 atom stereocenters. The Bertz CT molecular complexity index is 704. The summed E-state index contributed by atoms with van der Waals surface area (Å²) in [6, 6.07) is 0. The van der Waals surface area contributed by atoms with Crippen molar-refractivity contribution in [3.63, 3.8) is 0 Å². The molecule has 0 aliphatic rings. The highest BCUT2D eigenvalue weighted by Crippen LogP contribution is 2.26. The highest BCUT2D eigenvalue weighted by molar-refractivity contribution is 7.89. The zero-order valence-corrected chi connectivity index (χ0v) is 11.9. The van der Waals surface area contributed by atoms with E-state index in [0.29, 0.717) is 11.5 Å². The molecular formula is C9H11F3N4O2S2. The summed E-state index contributed by atoms with van der Waals surface area (Å²) in [6.07, 6.45) is -3.18. The van der Waals surface area contributed by atoms with Crippen LogP contribution >= 0.6 is 11.3 Å². The molecule has 2 aromatic heterocycles. The molecule has 0 bridgehead atoms. The fraction of sp³-hybridized carbons (Fsp3) is 0.444. The van der Waals surface area contributed by atoms with Crippen molar-refractivity contribution < 1.29 is 21.6 Å². The van der Waals surface area contributed by atoms with Crippen molar-refractivity contribution >= 4 is 32.1 Å². The first-order valence-electron chi connectivity index (χ1n) is 5.50. The van der Waals surface area contributed by atoms with E-state index in [0.717, 1.165) is 0 Å². The molecule has 6 nitrogen and oxygen atoms in total. The third kappa shape index (κ3) is 3.04. The number of thiazole rings is 1. The van der Waals surface area contributed by atoms with Gasteiger partial charge >= 0.3 is 6.18 Å². The molecule has 0 saturated heterocycles. The first kappa shape index (κ1) is 15.1. The Morgan fingerprint density at radius 3 is 2.75 bits per heavy atom. The molecule has 0 fully saturated rings. The predicted molar refractivity (Wildman–Crippen MR) is 68.5 cm³/mol. The van der Waals surface area contributed by atoms with E-state index in [4.69, 9.17) is 0 Å². The van der Waals surface area contributed by atoms with Crippen LogP contribution in [0.25, 0.3) is 4.96 Å². The van der Waals surface area contributed by atoms with E-state index in [1.165, 1.54) is 26.7 Å². The van der Waals surface area contributed by atoms with Crippen molar-refractivity contribution in [1.29, 1.82) is 0 Å². The van der Waals surface area contributed by atoms with Crippen LogP contribution in [0.2, 0.25) is 0 Å². The fourth-order valence-corrected chi connectivity index (χ4v) is 3.59. The maximum atomic E-state index is 12.2. The number of nitrogens with one attached hydrogen (secondary N) is 2. The van der Waals surface area contributed by atoms with Gasteiger partial charge in [0.15, 0.2) is 15.8 Å². The molecule has 2 heterocycles. The highest BCUT2D eigenvalue weighted by atomic mass is 32.2. The standard InChI is InChI=1S/C9H11F3N4O2S2/c1-2-13-6-7(16-3-4-19-8(16)15-6)20(17,18)14-5-9(10,11)12/h3-4,13-14H,2,5H2,1H3. The van der Waals surface area contributed by atoms with Gasteiger partial charge < -0.3 is 5.32 Å². The Kier molecular flexibility index (Phi) is 3.93. The largest absolute Gasteiger partial charge is 0.402 e. The molecule has 2 N–H and O–H groups in total. The summed E-state index contributed by atoms with van der Waals surface area (Å²) in [6.45, 7) is 0.498. The number of hydrogen-bond acceptors (Lipinski definition) is 5. The number of imidazole rings is 1. The lowest BCUT2D eigenvalue weighted by Gasteiger charge is -2.10. The van der Waals surface area contributed by atoms with Gasteiger partial charge in [-0.05, 0) is 6.92 Å². The van der Waals surface area contributed by atoms with Crippen LogP contribution < -0.4 is 10.0 Å². The first-order valence-corrected chi connectivity index (χ1v) is 7.86. The molecule has 112 valence electrons. The number of halogens is 3. The summed E-state index contributed by atoms with van der Waals surface area (Å²) in [5.41, 5.74) is 0. The average molecular weight is 328 g/mol. The minimum Gasteiger partial charge on any atom is -0.368 e. The average Bonchev–Trinajstić information content (AvgIpc) is 2.85. The Morgan fingerprint density at radius 1 is 1.45 bits per heavy atom. The van der Waals surface area contributed by atoms with Gasteiger partial charge in [-0.1, -0.05) is 0 Å². The van der Waals surface area contributed by atoms with Gasteiger partial charge in [0.05, 0.1) is 0 Å². The number of hydrogen-bond donors (Lipinski definition) is 2. The second-order valence-corrected chi connectivity index (χ2v) is 6.35. The molecule has 2 aromatic rings. The molecule has 20 heavy (non-hydrogen) atoms. The molecule has 2 rings (SSSR count). The monoisotopic (exact) mass is 328 g/mol. The summed E-state index contributed by atoms with van der Waals surface area (Å²) in [5, 5.41) is 4.01. The summed E-state index contributed by atoms with van der Waals surface area (Å²) in [4.78, 5) is 4.43. The van der Waals surface area contributed by atoms with Crippen molar-refractivity contribution in [1.82, 2.24) is 14.1 Å². The van der Waals surface area contributed by atoms with Gasteiger partial charge in [0, 0.05) is 18.1 Å². The molecule has 0 amide bonds. The topological polar surface area (TPSA) is 75.5 Å². The lowest BCUT2D eigenvalue weighted by atomic mass is 10.6.